The summed E-state index contributed by atoms with van der Waals surface area (Å²) in [6.45, 7) is 7.28. The number of carbonyl (C=O) groups excluding carboxylic acids is 6. The van der Waals surface area contributed by atoms with Crippen LogP contribution >= 0.6 is 11.6 Å². The fourth-order valence-electron chi connectivity index (χ4n) is 7.51. The molecular formula is C42H59ClN4O12. The van der Waals surface area contributed by atoms with E-state index < -0.39 is 65.7 Å². The van der Waals surface area contributed by atoms with Crippen LogP contribution in [-0.4, -0.2) is 127 Å². The first-order valence-electron chi connectivity index (χ1n) is 19.9. The molecule has 16 nitrogen and oxygen atoms in total. The molecule has 3 heterocycles. The fraction of sp³-hybridized carbons (Fsp3) is 0.619. The zero-order chi connectivity index (χ0) is 43.7. The van der Waals surface area contributed by atoms with Crippen LogP contribution in [0.3, 0.4) is 0 Å². The first-order valence-corrected chi connectivity index (χ1v) is 20.3. The van der Waals surface area contributed by atoms with Crippen molar-refractivity contribution < 1.29 is 57.6 Å². The largest absolute Gasteiger partial charge is 0.495 e. The van der Waals surface area contributed by atoms with Gasteiger partial charge in [0, 0.05) is 59.4 Å². The van der Waals surface area contributed by atoms with Crippen LogP contribution in [0.25, 0.3) is 0 Å². The van der Waals surface area contributed by atoms with Crippen molar-refractivity contribution in [2.75, 3.05) is 34.9 Å². The number of likely N-dealkylation sites (tertiary alicyclic amines) is 1. The van der Waals surface area contributed by atoms with Crippen LogP contribution in [0, 0.1) is 5.92 Å². The van der Waals surface area contributed by atoms with Gasteiger partial charge in [-0.15, -0.1) is 0 Å². The number of likely N-dealkylation sites (N-methyl/N-ethyl adjacent to an activating group) is 1. The third kappa shape index (κ3) is 12.0. The molecule has 3 saturated heterocycles. The van der Waals surface area contributed by atoms with E-state index in [1.165, 1.54) is 37.9 Å². The highest BCUT2D eigenvalue weighted by atomic mass is 35.5. The molecule has 0 aromatic heterocycles. The Kier molecular flexibility index (Phi) is 16.5. The number of cyclic esters (lactones) is 1. The number of amides is 5. The van der Waals surface area contributed by atoms with Crippen molar-refractivity contribution in [3.05, 3.63) is 52.6 Å². The van der Waals surface area contributed by atoms with E-state index in [4.69, 9.17) is 35.3 Å². The van der Waals surface area contributed by atoms with Crippen molar-refractivity contribution >= 4 is 47.3 Å². The molecule has 0 saturated carbocycles. The van der Waals surface area contributed by atoms with Gasteiger partial charge < -0.3 is 39.0 Å². The Morgan fingerprint density at radius 1 is 1.14 bits per heavy atom. The molecule has 0 spiro atoms. The van der Waals surface area contributed by atoms with Gasteiger partial charge in [-0.1, -0.05) is 54.8 Å². The Labute approximate surface area is 350 Å². The molecule has 3 aliphatic heterocycles. The number of esters is 1. The maximum Gasteiger partial charge on any atom is 0.409 e. The molecule has 17 heteroatoms. The maximum absolute atomic E-state index is 13.5. The van der Waals surface area contributed by atoms with Gasteiger partial charge in [-0.3, -0.25) is 29.4 Å². The highest BCUT2D eigenvalue weighted by Gasteiger charge is 2.64. The van der Waals surface area contributed by atoms with Crippen LogP contribution in [0.4, 0.5) is 4.79 Å². The second-order valence-corrected chi connectivity index (χ2v) is 16.1. The normalized spacial score (nSPS) is 25.2. The van der Waals surface area contributed by atoms with Crippen molar-refractivity contribution in [3.63, 3.8) is 0 Å². The first-order chi connectivity index (χ1) is 27.9. The van der Waals surface area contributed by atoms with Crippen molar-refractivity contribution in [2.45, 2.75) is 127 Å². The fourth-order valence-corrected chi connectivity index (χ4v) is 7.71. The number of ether oxygens (including phenoxy) is 5. The Bertz CT molecular complexity index is 1770. The van der Waals surface area contributed by atoms with E-state index in [0.717, 1.165) is 11.1 Å². The monoisotopic (exact) mass is 846 g/mol. The molecule has 0 aliphatic carbocycles. The van der Waals surface area contributed by atoms with Gasteiger partial charge >= 0.3 is 12.1 Å². The van der Waals surface area contributed by atoms with Gasteiger partial charge in [0.2, 0.25) is 23.6 Å². The number of allylic oxidation sites excluding steroid dienone is 3. The van der Waals surface area contributed by atoms with Crippen LogP contribution in [0.1, 0.15) is 84.6 Å². The Hall–Kier alpha value is -4.51. The number of carbonyl (C=O) groups is 6. The maximum atomic E-state index is 13.5. The molecule has 3 aliphatic rings. The number of benzene rings is 1. The minimum atomic E-state index is -1.86. The van der Waals surface area contributed by atoms with Crippen LogP contribution in [0.15, 0.2) is 42.0 Å². The summed E-state index contributed by atoms with van der Waals surface area (Å²) in [7, 11) is 5.92. The topological polar surface area (TPSA) is 203 Å². The Morgan fingerprint density at radius 2 is 1.83 bits per heavy atom. The van der Waals surface area contributed by atoms with E-state index in [-0.39, 0.29) is 49.8 Å². The number of nitrogens with one attached hydrogen (secondary N) is 2. The van der Waals surface area contributed by atoms with Gasteiger partial charge in [0.05, 0.1) is 24.7 Å². The van der Waals surface area contributed by atoms with E-state index in [9.17, 15) is 33.9 Å². The van der Waals surface area contributed by atoms with E-state index in [1.807, 2.05) is 25.1 Å². The summed E-state index contributed by atoms with van der Waals surface area (Å²) in [5.41, 5.74) is -1.04. The molecule has 0 bridgehead atoms. The van der Waals surface area contributed by atoms with Crippen LogP contribution in [-0.2, 0) is 49.3 Å². The van der Waals surface area contributed by atoms with E-state index in [1.54, 1.807) is 39.2 Å². The molecule has 1 aromatic carbocycles. The number of nitrogens with zero attached hydrogens (tertiary/aromatic N) is 2. The number of hydrogen-bond acceptors (Lipinski definition) is 12. The second-order valence-electron chi connectivity index (χ2n) is 15.7. The first kappa shape index (κ1) is 47.2. The van der Waals surface area contributed by atoms with Gasteiger partial charge in [0.15, 0.2) is 5.72 Å². The number of rotatable bonds is 21. The highest BCUT2D eigenvalue weighted by molar-refractivity contribution is 6.32. The number of epoxide rings is 1. The van der Waals surface area contributed by atoms with Crippen molar-refractivity contribution in [2.24, 2.45) is 5.92 Å². The van der Waals surface area contributed by atoms with E-state index >= 15 is 0 Å². The number of unbranched alkanes of at least 4 members (excludes halogenated alkanes) is 2. The highest BCUT2D eigenvalue weighted by Crippen LogP contribution is 2.48. The molecule has 0 radical (unpaired) electrons. The quantitative estimate of drug-likeness (QED) is 0.0529. The van der Waals surface area contributed by atoms with E-state index in [2.05, 4.69) is 10.6 Å². The lowest BCUT2D eigenvalue weighted by Crippen LogP contribution is -2.63. The summed E-state index contributed by atoms with van der Waals surface area (Å²) >= 11 is 6.16. The van der Waals surface area contributed by atoms with Gasteiger partial charge in [-0.05, 0) is 57.7 Å². The third-order valence-electron chi connectivity index (χ3n) is 11.4. The average molecular weight is 847 g/mol. The summed E-state index contributed by atoms with van der Waals surface area (Å²) in [5.74, 6) is -1.74. The molecule has 326 valence electrons. The van der Waals surface area contributed by atoms with Crippen LogP contribution in [0.2, 0.25) is 5.02 Å². The zero-order valence-corrected chi connectivity index (χ0v) is 36.0. The lowest BCUT2D eigenvalue weighted by atomic mass is 9.83. The molecule has 59 heavy (non-hydrogen) atoms. The summed E-state index contributed by atoms with van der Waals surface area (Å²) in [6, 6.07) is 4.55. The average Bonchev–Trinajstić information content (AvgIpc) is 3.80. The lowest BCUT2D eigenvalue weighted by molar-refractivity contribution is -0.162. The van der Waals surface area contributed by atoms with Gasteiger partial charge in [0.1, 0.15) is 35.7 Å². The van der Waals surface area contributed by atoms with Gasteiger partial charge in [-0.2, -0.15) is 0 Å². The molecule has 3 fully saturated rings. The van der Waals surface area contributed by atoms with Crippen LogP contribution < -0.4 is 15.4 Å². The number of aliphatic hydroxyl groups is 1. The Balaban J connectivity index is 1.36. The van der Waals surface area contributed by atoms with Crippen molar-refractivity contribution in [1.82, 2.24) is 20.4 Å². The molecule has 3 N–H and O–H groups in total. The lowest BCUT2D eigenvalue weighted by Gasteiger charge is -2.42. The van der Waals surface area contributed by atoms with E-state index in [0.29, 0.717) is 43.0 Å². The predicted molar refractivity (Wildman–Crippen MR) is 216 cm³/mol. The molecule has 5 amide bonds. The van der Waals surface area contributed by atoms with Crippen molar-refractivity contribution in [1.29, 1.82) is 0 Å². The number of imide groups is 1. The number of methoxy groups -OCH3 is 2. The molecule has 7 unspecified atom stereocenters. The zero-order valence-electron chi connectivity index (χ0n) is 35.2. The minimum absolute atomic E-state index is 0.0791. The summed E-state index contributed by atoms with van der Waals surface area (Å²) in [5, 5.41) is 17.3. The molecular weight excluding hydrogens is 788 g/mol. The number of alkyl carbamates (subject to hydrolysis) is 1. The molecule has 4 rings (SSSR count). The summed E-state index contributed by atoms with van der Waals surface area (Å²) < 4.78 is 28.6. The number of halogens is 1. The Morgan fingerprint density at radius 3 is 2.47 bits per heavy atom. The van der Waals surface area contributed by atoms with Gasteiger partial charge in [-0.25, -0.2) is 9.59 Å². The standard InChI is InChI=1S/C42H59ClN4O12/c1-25(21-28-16-17-29(43)30(22-28)55-7)13-12-14-32(56-8)42(54)24-31(57-40(53)45-42)26(2)38-41(4,59-38)33(23-34(48)44-5)58-39(52)27(3)46(6)35(49)15-10-9-11-20-47-36(50)18-19-37(47)51/h12-14,16-17,22,26-27,31-33,38,54H,9-11,15,18-21,23-24H2,1-8H3,(H,44,48)(H,45,53)/b14-12+,25-13+/t26?,27-,31?,32?,33?,38?,41?,42?/m0/s1. The summed E-state index contributed by atoms with van der Waals surface area (Å²) in [4.78, 5) is 78.2. The summed E-state index contributed by atoms with van der Waals surface area (Å²) in [6.07, 6.45) is 3.46. The SMILES string of the molecule is CNC(=O)CC(OC(=O)[C@H](C)N(C)C(=O)CCCCCN1C(=O)CCC1=O)C1(C)OC1C(C)C1CC(O)(C(/C=C/C=C(\C)Cc2ccc(Cl)c(OC)c2)OC)NC(=O)O1. The second kappa shape index (κ2) is 20.6. The minimum Gasteiger partial charge on any atom is -0.495 e. The molecule has 1 aromatic rings. The third-order valence-corrected chi connectivity index (χ3v) is 11.7. The van der Waals surface area contributed by atoms with Crippen LogP contribution in [0.5, 0.6) is 5.75 Å². The predicted octanol–water partition coefficient (Wildman–Crippen LogP) is 3.99. The number of hydrogen-bond donors (Lipinski definition) is 3. The van der Waals surface area contributed by atoms with Gasteiger partial charge in [0.25, 0.3) is 0 Å². The smallest absolute Gasteiger partial charge is 0.409 e. The molecule has 8 atom stereocenters. The van der Waals surface area contributed by atoms with Crippen molar-refractivity contribution in [3.8, 4) is 5.75 Å².